The Morgan fingerprint density at radius 1 is 1.21 bits per heavy atom. The first-order valence-electron chi connectivity index (χ1n) is 9.10. The molecule has 7 heteroatoms. The van der Waals surface area contributed by atoms with E-state index in [1.165, 1.54) is 36.0 Å². The molecule has 2 aromatic rings. The Morgan fingerprint density at radius 3 is 2.64 bits per heavy atom. The molecule has 1 saturated heterocycles. The molecule has 3 rings (SSSR count). The van der Waals surface area contributed by atoms with Crippen LogP contribution >= 0.6 is 11.8 Å². The van der Waals surface area contributed by atoms with Crippen molar-refractivity contribution in [3.63, 3.8) is 0 Å². The molecule has 0 spiro atoms. The molecule has 0 N–H and O–H groups in total. The van der Waals surface area contributed by atoms with Crippen LogP contribution in [0.4, 0.5) is 8.78 Å². The van der Waals surface area contributed by atoms with Gasteiger partial charge in [-0.15, -0.1) is 11.8 Å². The first-order valence-corrected chi connectivity index (χ1v) is 10.2. The van der Waals surface area contributed by atoms with Crippen LogP contribution < -0.4 is 0 Å². The van der Waals surface area contributed by atoms with E-state index in [1.54, 1.807) is 34.1 Å². The predicted octanol–water partition coefficient (Wildman–Crippen LogP) is 4.09. The monoisotopic (exact) mass is 404 g/mol. The molecule has 0 unspecified atom stereocenters. The van der Waals surface area contributed by atoms with Crippen molar-refractivity contribution in [1.29, 1.82) is 0 Å². The van der Waals surface area contributed by atoms with Crippen molar-refractivity contribution in [2.75, 3.05) is 18.8 Å². The summed E-state index contributed by atoms with van der Waals surface area (Å²) in [4.78, 5) is 28.4. The summed E-state index contributed by atoms with van der Waals surface area (Å²) in [7, 11) is 0. The second-order valence-corrected chi connectivity index (χ2v) is 7.94. The Kier molecular flexibility index (Phi) is 6.34. The van der Waals surface area contributed by atoms with Gasteiger partial charge in [0.1, 0.15) is 17.0 Å². The zero-order valence-corrected chi connectivity index (χ0v) is 16.6. The summed E-state index contributed by atoms with van der Waals surface area (Å²) in [5.41, 5.74) is 0.729. The molecule has 1 aliphatic rings. The number of halogens is 2. The van der Waals surface area contributed by atoms with Gasteiger partial charge in [0.2, 0.25) is 5.91 Å². The standard InChI is InChI=1S/C21H22F2N2O2S/c1-14(2)24(20(27)15-6-5-7-16(22)12-15)10-11-25-19(26)13-28-21(25)17-8-3-4-9-18(17)23/h3-9,12,14,21H,10-11,13H2,1-2H3/t21-/m0/s1. The van der Waals surface area contributed by atoms with Crippen molar-refractivity contribution in [2.24, 2.45) is 0 Å². The lowest BCUT2D eigenvalue weighted by molar-refractivity contribution is -0.128. The van der Waals surface area contributed by atoms with Gasteiger partial charge >= 0.3 is 0 Å². The van der Waals surface area contributed by atoms with Crippen LogP contribution in [0.3, 0.4) is 0 Å². The van der Waals surface area contributed by atoms with Crippen molar-refractivity contribution in [2.45, 2.75) is 25.3 Å². The van der Waals surface area contributed by atoms with E-state index in [-0.39, 0.29) is 48.1 Å². The summed E-state index contributed by atoms with van der Waals surface area (Å²) >= 11 is 1.38. The maximum atomic E-state index is 14.2. The molecule has 148 valence electrons. The predicted molar refractivity (Wildman–Crippen MR) is 106 cm³/mol. The van der Waals surface area contributed by atoms with Gasteiger partial charge in [-0.2, -0.15) is 0 Å². The zero-order chi connectivity index (χ0) is 20.3. The van der Waals surface area contributed by atoms with Crippen molar-refractivity contribution >= 4 is 23.6 Å². The lowest BCUT2D eigenvalue weighted by Gasteiger charge is -2.31. The summed E-state index contributed by atoms with van der Waals surface area (Å²) in [6.45, 7) is 4.30. The van der Waals surface area contributed by atoms with E-state index in [9.17, 15) is 18.4 Å². The van der Waals surface area contributed by atoms with Gasteiger partial charge in [-0.05, 0) is 38.1 Å². The highest BCUT2D eigenvalue weighted by Crippen LogP contribution is 2.39. The van der Waals surface area contributed by atoms with Crippen LogP contribution in [0.15, 0.2) is 48.5 Å². The quantitative estimate of drug-likeness (QED) is 0.728. The van der Waals surface area contributed by atoms with Crippen LogP contribution in [-0.4, -0.2) is 46.5 Å². The largest absolute Gasteiger partial charge is 0.334 e. The molecule has 1 aliphatic heterocycles. The maximum absolute atomic E-state index is 14.2. The highest BCUT2D eigenvalue weighted by atomic mass is 32.2. The number of carbonyl (C=O) groups is 2. The third kappa shape index (κ3) is 4.35. The van der Waals surface area contributed by atoms with E-state index in [0.717, 1.165) is 0 Å². The number of thioether (sulfide) groups is 1. The van der Waals surface area contributed by atoms with E-state index in [4.69, 9.17) is 0 Å². The molecule has 2 aromatic carbocycles. The van der Waals surface area contributed by atoms with Crippen LogP contribution in [0.1, 0.15) is 35.1 Å². The fraction of sp³-hybridized carbons (Fsp3) is 0.333. The minimum Gasteiger partial charge on any atom is -0.334 e. The Morgan fingerprint density at radius 2 is 1.96 bits per heavy atom. The number of hydrogen-bond acceptors (Lipinski definition) is 3. The SMILES string of the molecule is CC(C)N(CCN1C(=O)CS[C@H]1c1ccccc1F)C(=O)c1cccc(F)c1. The third-order valence-electron chi connectivity index (χ3n) is 4.68. The normalized spacial score (nSPS) is 16.7. The smallest absolute Gasteiger partial charge is 0.254 e. The van der Waals surface area contributed by atoms with Gasteiger partial charge in [-0.25, -0.2) is 8.78 Å². The molecular weight excluding hydrogens is 382 g/mol. The van der Waals surface area contributed by atoms with Gasteiger partial charge in [0.05, 0.1) is 5.75 Å². The molecule has 0 saturated carbocycles. The number of carbonyl (C=O) groups excluding carboxylic acids is 2. The van der Waals surface area contributed by atoms with Gasteiger partial charge in [-0.1, -0.05) is 24.3 Å². The first kappa shape index (κ1) is 20.3. The van der Waals surface area contributed by atoms with Crippen LogP contribution in [0.25, 0.3) is 0 Å². The summed E-state index contributed by atoms with van der Waals surface area (Å²) < 4.78 is 27.7. The second-order valence-electron chi connectivity index (χ2n) is 6.87. The third-order valence-corrected chi connectivity index (χ3v) is 5.91. The molecule has 0 aliphatic carbocycles. The minimum absolute atomic E-state index is 0.0832. The highest BCUT2D eigenvalue weighted by molar-refractivity contribution is 8.00. The van der Waals surface area contributed by atoms with E-state index >= 15 is 0 Å². The van der Waals surface area contributed by atoms with Crippen molar-refractivity contribution in [3.05, 3.63) is 71.3 Å². The molecule has 1 heterocycles. The molecule has 0 bridgehead atoms. The topological polar surface area (TPSA) is 40.6 Å². The van der Waals surface area contributed by atoms with Crippen LogP contribution in [0, 0.1) is 11.6 Å². The van der Waals surface area contributed by atoms with E-state index < -0.39 is 11.2 Å². The average molecular weight is 404 g/mol. The molecule has 1 fully saturated rings. The van der Waals surface area contributed by atoms with Gasteiger partial charge in [0.15, 0.2) is 0 Å². The zero-order valence-electron chi connectivity index (χ0n) is 15.8. The summed E-state index contributed by atoms with van der Waals surface area (Å²) in [6, 6.07) is 11.8. The van der Waals surface area contributed by atoms with Crippen molar-refractivity contribution in [3.8, 4) is 0 Å². The maximum Gasteiger partial charge on any atom is 0.254 e. The molecule has 1 atom stereocenters. The number of benzene rings is 2. The average Bonchev–Trinajstić information content (AvgIpc) is 3.02. The number of amides is 2. The summed E-state index contributed by atoms with van der Waals surface area (Å²) in [6.07, 6.45) is 0. The Balaban J connectivity index is 1.76. The summed E-state index contributed by atoms with van der Waals surface area (Å²) in [5, 5.41) is -0.410. The fourth-order valence-electron chi connectivity index (χ4n) is 3.23. The Labute approximate surface area is 167 Å². The van der Waals surface area contributed by atoms with Gasteiger partial charge < -0.3 is 9.80 Å². The lowest BCUT2D eigenvalue weighted by Crippen LogP contribution is -2.43. The van der Waals surface area contributed by atoms with Crippen molar-refractivity contribution < 1.29 is 18.4 Å². The number of nitrogens with zero attached hydrogens (tertiary/aromatic N) is 2. The van der Waals surface area contributed by atoms with E-state index in [1.807, 2.05) is 13.8 Å². The molecule has 0 radical (unpaired) electrons. The highest BCUT2D eigenvalue weighted by Gasteiger charge is 2.34. The van der Waals surface area contributed by atoms with Crippen LogP contribution in [0.5, 0.6) is 0 Å². The summed E-state index contributed by atoms with van der Waals surface area (Å²) in [5.74, 6) is -0.925. The molecule has 0 aromatic heterocycles. The van der Waals surface area contributed by atoms with Crippen molar-refractivity contribution in [1.82, 2.24) is 9.80 Å². The van der Waals surface area contributed by atoms with Crippen LogP contribution in [0.2, 0.25) is 0 Å². The molecular formula is C21H22F2N2O2S. The molecule has 28 heavy (non-hydrogen) atoms. The molecule has 2 amide bonds. The number of rotatable bonds is 6. The Bertz CT molecular complexity index is 875. The van der Waals surface area contributed by atoms with Gasteiger partial charge in [0, 0.05) is 30.3 Å². The first-order chi connectivity index (χ1) is 13.4. The van der Waals surface area contributed by atoms with Gasteiger partial charge in [0.25, 0.3) is 5.91 Å². The molecule has 4 nitrogen and oxygen atoms in total. The minimum atomic E-state index is -0.472. The Hall–Kier alpha value is -2.41. The van der Waals surface area contributed by atoms with E-state index in [0.29, 0.717) is 5.56 Å². The number of hydrogen-bond donors (Lipinski definition) is 0. The second kappa shape index (κ2) is 8.73. The fourth-order valence-corrected chi connectivity index (χ4v) is 4.47. The lowest BCUT2D eigenvalue weighted by atomic mass is 10.1. The van der Waals surface area contributed by atoms with Gasteiger partial charge in [-0.3, -0.25) is 9.59 Å². The van der Waals surface area contributed by atoms with Crippen LogP contribution in [-0.2, 0) is 4.79 Å². The van der Waals surface area contributed by atoms with E-state index in [2.05, 4.69) is 0 Å².